The Balaban J connectivity index is 1.74. The minimum atomic E-state index is -1.79. The fourth-order valence-corrected chi connectivity index (χ4v) is 5.51. The predicted molar refractivity (Wildman–Crippen MR) is 201 cm³/mol. The highest BCUT2D eigenvalue weighted by Gasteiger charge is 2.34. The maximum Gasteiger partial charge on any atom is 0.335 e. The molecule has 0 bridgehead atoms. The number of carboxylic acid groups (broad SMARTS) is 1. The van der Waals surface area contributed by atoms with Crippen LogP contribution >= 0.6 is 0 Å². The number of carboxylic acids is 1. The highest BCUT2D eigenvalue weighted by Crippen LogP contribution is 2.21. The van der Waals surface area contributed by atoms with E-state index in [-0.39, 0.29) is 47.9 Å². The van der Waals surface area contributed by atoms with Crippen molar-refractivity contribution in [2.45, 2.75) is 77.7 Å². The van der Waals surface area contributed by atoms with Gasteiger partial charge in [-0.25, -0.2) is 4.79 Å². The van der Waals surface area contributed by atoms with Crippen LogP contribution in [0, 0.1) is 18.8 Å². The molecule has 0 aliphatic rings. The molecule has 3 rings (SSSR count). The molecule has 3 aromatic rings. The van der Waals surface area contributed by atoms with Gasteiger partial charge in [0, 0.05) is 12.2 Å². The molecule has 0 aliphatic heterocycles. The highest BCUT2D eigenvalue weighted by atomic mass is 16.4. The quantitative estimate of drug-likeness (QED) is 0.0914. The minimum absolute atomic E-state index is 0.0150. The first-order chi connectivity index (χ1) is 25.5. The van der Waals surface area contributed by atoms with Crippen LogP contribution in [0.3, 0.4) is 0 Å². The molecule has 0 saturated carbocycles. The lowest BCUT2D eigenvalue weighted by molar-refractivity contribution is -0.134. The van der Waals surface area contributed by atoms with Crippen LogP contribution < -0.4 is 32.3 Å². The van der Waals surface area contributed by atoms with Gasteiger partial charge in [-0.3, -0.25) is 24.0 Å². The van der Waals surface area contributed by atoms with E-state index in [4.69, 9.17) is 5.73 Å². The van der Waals surface area contributed by atoms with Gasteiger partial charge in [0.05, 0.1) is 17.2 Å². The number of nitrogens with two attached hydrogens (primary N) is 1. The molecule has 54 heavy (non-hydrogen) atoms. The van der Waals surface area contributed by atoms with Crippen molar-refractivity contribution in [3.05, 3.63) is 95.1 Å². The summed E-state index contributed by atoms with van der Waals surface area (Å²) >= 11 is 0. The summed E-state index contributed by atoms with van der Waals surface area (Å²) < 4.78 is 0. The van der Waals surface area contributed by atoms with E-state index in [0.29, 0.717) is 11.1 Å². The minimum Gasteiger partial charge on any atom is -0.507 e. The van der Waals surface area contributed by atoms with Crippen molar-refractivity contribution in [2.75, 3.05) is 11.9 Å². The first-order valence-corrected chi connectivity index (χ1v) is 17.6. The largest absolute Gasteiger partial charge is 0.507 e. The van der Waals surface area contributed by atoms with Gasteiger partial charge in [-0.15, -0.1) is 0 Å². The number of carbonyl (C=O) groups is 6. The van der Waals surface area contributed by atoms with Crippen LogP contribution in [0.4, 0.5) is 5.69 Å². The summed E-state index contributed by atoms with van der Waals surface area (Å²) in [7, 11) is 0. The molecule has 15 nitrogen and oxygen atoms in total. The summed E-state index contributed by atoms with van der Waals surface area (Å²) in [5, 5.41) is 43.8. The normalized spacial score (nSPS) is 13.9. The van der Waals surface area contributed by atoms with Crippen LogP contribution in [-0.4, -0.2) is 87.6 Å². The smallest absolute Gasteiger partial charge is 0.335 e. The molecular formula is C39H50N6O9. The van der Waals surface area contributed by atoms with Crippen molar-refractivity contribution in [3.8, 4) is 5.75 Å². The summed E-state index contributed by atoms with van der Waals surface area (Å²) in [6, 6.07) is 14.2. The van der Waals surface area contributed by atoms with Crippen LogP contribution in [0.1, 0.15) is 66.0 Å². The number of amides is 5. The molecule has 0 aliphatic carbocycles. The number of rotatable bonds is 18. The van der Waals surface area contributed by atoms with Crippen LogP contribution in [-0.2, 0) is 25.6 Å². The van der Waals surface area contributed by atoms with E-state index in [0.717, 1.165) is 0 Å². The van der Waals surface area contributed by atoms with E-state index < -0.39 is 71.7 Å². The Morgan fingerprint density at radius 1 is 0.778 bits per heavy atom. The molecule has 3 aromatic carbocycles. The molecule has 5 amide bonds. The van der Waals surface area contributed by atoms with Crippen LogP contribution in [0.15, 0.2) is 72.8 Å². The van der Waals surface area contributed by atoms with Gasteiger partial charge >= 0.3 is 5.97 Å². The van der Waals surface area contributed by atoms with E-state index in [1.807, 2.05) is 13.8 Å². The second kappa shape index (κ2) is 19.9. The van der Waals surface area contributed by atoms with Gasteiger partial charge < -0.3 is 47.6 Å². The van der Waals surface area contributed by atoms with Crippen LogP contribution in [0.25, 0.3) is 0 Å². The first kappa shape index (κ1) is 42.6. The number of nitrogens with one attached hydrogen (secondary N) is 5. The number of benzene rings is 3. The van der Waals surface area contributed by atoms with Crippen LogP contribution in [0.2, 0.25) is 0 Å². The number of anilines is 1. The molecule has 0 spiro atoms. The lowest BCUT2D eigenvalue weighted by Crippen LogP contribution is -2.60. The van der Waals surface area contributed by atoms with Crippen molar-refractivity contribution >= 4 is 41.2 Å². The molecule has 0 saturated heterocycles. The molecular weight excluding hydrogens is 696 g/mol. The van der Waals surface area contributed by atoms with Gasteiger partial charge in [0.2, 0.25) is 17.7 Å². The molecule has 0 heterocycles. The SMILES string of the molecule is Cc1cccc(C(=O)NC[C@H](N)C(=O)N[C@H](C(=O)N[C@@H](CC(C)C)C(=O)NC(Cc2ccccc2)[C@@H](O)C(=O)Nc2cccc(C(=O)O)c2)C(C)C)c1O. The highest BCUT2D eigenvalue weighted by molar-refractivity contribution is 5.99. The van der Waals surface area contributed by atoms with E-state index in [9.17, 15) is 44.1 Å². The Hall–Kier alpha value is -5.80. The Labute approximate surface area is 314 Å². The Kier molecular flexibility index (Phi) is 15.7. The molecule has 15 heteroatoms. The van der Waals surface area contributed by atoms with Crippen LogP contribution in [0.5, 0.6) is 5.75 Å². The molecule has 0 fully saturated rings. The van der Waals surface area contributed by atoms with Crippen molar-refractivity contribution in [1.29, 1.82) is 0 Å². The third-order valence-electron chi connectivity index (χ3n) is 8.54. The van der Waals surface area contributed by atoms with Gasteiger partial charge in [0.25, 0.3) is 11.8 Å². The van der Waals surface area contributed by atoms with Crippen molar-refractivity contribution in [1.82, 2.24) is 21.3 Å². The average molecular weight is 747 g/mol. The zero-order valence-corrected chi connectivity index (χ0v) is 31.0. The Bertz CT molecular complexity index is 1800. The number of aryl methyl sites for hydroxylation is 1. The number of phenols is 1. The summed E-state index contributed by atoms with van der Waals surface area (Å²) in [5.74, 6) is -5.61. The van der Waals surface area contributed by atoms with Crippen molar-refractivity contribution in [2.24, 2.45) is 17.6 Å². The van der Waals surface area contributed by atoms with Gasteiger partial charge in [0.1, 0.15) is 23.9 Å². The van der Waals surface area contributed by atoms with Gasteiger partial charge in [-0.2, -0.15) is 0 Å². The summed E-state index contributed by atoms with van der Waals surface area (Å²) in [5.41, 5.74) is 7.30. The maximum atomic E-state index is 13.9. The van der Waals surface area contributed by atoms with Crippen molar-refractivity contribution in [3.63, 3.8) is 0 Å². The number of phenolic OH excluding ortho intramolecular Hbond substituents is 1. The van der Waals surface area contributed by atoms with Crippen molar-refractivity contribution < 1.29 is 44.1 Å². The number of para-hydroxylation sites is 1. The molecule has 0 aromatic heterocycles. The fourth-order valence-electron chi connectivity index (χ4n) is 5.51. The number of aromatic hydroxyl groups is 1. The first-order valence-electron chi connectivity index (χ1n) is 17.6. The molecule has 1 unspecified atom stereocenters. The summed E-state index contributed by atoms with van der Waals surface area (Å²) in [6.45, 7) is 8.39. The number of aromatic carboxylic acids is 1. The predicted octanol–water partition coefficient (Wildman–Crippen LogP) is 1.85. The third-order valence-corrected chi connectivity index (χ3v) is 8.54. The number of carbonyl (C=O) groups excluding carboxylic acids is 5. The molecule has 5 atom stereocenters. The standard InChI is InChI=1S/C39H50N6O9/c1-21(2)17-30(44-37(51)31(22(3)4)45-35(49)28(40)20-41-34(48)27-16-9-11-23(5)32(27)46)36(50)43-29(18-24-12-7-6-8-13-24)33(47)38(52)42-26-15-10-14-25(19-26)39(53)54/h6-16,19,21-22,28-31,33,46-47H,17-18,20,40H2,1-5H3,(H,41,48)(H,42,52)(H,43,50)(H,44,51)(H,45,49)(H,53,54)/t28-,29?,30-,31-,33+/m0/s1. The van der Waals surface area contributed by atoms with Gasteiger partial charge in [0.15, 0.2) is 6.10 Å². The summed E-state index contributed by atoms with van der Waals surface area (Å²) in [6.07, 6.45) is -1.60. The Morgan fingerprint density at radius 3 is 2.07 bits per heavy atom. The lowest BCUT2D eigenvalue weighted by Gasteiger charge is -2.29. The molecule has 0 radical (unpaired) electrons. The maximum absolute atomic E-state index is 13.9. The number of aliphatic hydroxyl groups is 1. The fraction of sp³-hybridized carbons (Fsp3) is 0.385. The molecule has 290 valence electrons. The second-order valence-corrected chi connectivity index (χ2v) is 13.8. The van der Waals surface area contributed by atoms with E-state index >= 15 is 0 Å². The molecule has 10 N–H and O–H groups in total. The lowest BCUT2D eigenvalue weighted by atomic mass is 9.97. The van der Waals surface area contributed by atoms with Gasteiger partial charge in [-0.1, -0.05) is 76.2 Å². The zero-order valence-electron chi connectivity index (χ0n) is 31.0. The monoisotopic (exact) mass is 746 g/mol. The van der Waals surface area contributed by atoms with E-state index in [1.165, 1.54) is 30.3 Å². The van der Waals surface area contributed by atoms with Gasteiger partial charge in [-0.05, 0) is 67.0 Å². The zero-order chi connectivity index (χ0) is 40.1. The Morgan fingerprint density at radius 2 is 1.44 bits per heavy atom. The van der Waals surface area contributed by atoms with E-state index in [1.54, 1.807) is 63.2 Å². The summed E-state index contributed by atoms with van der Waals surface area (Å²) in [4.78, 5) is 77.8. The second-order valence-electron chi connectivity index (χ2n) is 13.8. The number of hydrogen-bond acceptors (Lipinski definition) is 9. The average Bonchev–Trinajstić information content (AvgIpc) is 3.12. The number of aliphatic hydroxyl groups excluding tert-OH is 1. The number of hydrogen-bond donors (Lipinski definition) is 9. The van der Waals surface area contributed by atoms with E-state index in [2.05, 4.69) is 26.6 Å². The third kappa shape index (κ3) is 12.4. The topological polar surface area (TPSA) is 249 Å².